The Hall–Kier alpha value is -3.14. The summed E-state index contributed by atoms with van der Waals surface area (Å²) in [6.07, 6.45) is 0. The van der Waals surface area contributed by atoms with Gasteiger partial charge in [0.2, 0.25) is 0 Å². The molecule has 166 valence electrons. The van der Waals surface area contributed by atoms with Crippen LogP contribution in [-0.4, -0.2) is 40.5 Å². The van der Waals surface area contributed by atoms with Gasteiger partial charge in [-0.25, -0.2) is 0 Å². The van der Waals surface area contributed by atoms with Gasteiger partial charge < -0.3 is 4.57 Å². The summed E-state index contributed by atoms with van der Waals surface area (Å²) >= 11 is 0. The molecule has 33 heavy (non-hydrogen) atoms. The molecule has 5 aromatic rings. The second kappa shape index (κ2) is 8.66. The molecule has 0 aliphatic carbocycles. The van der Waals surface area contributed by atoms with Gasteiger partial charge in [-0.2, -0.15) is 0 Å². The maximum atomic E-state index is 2.61. The van der Waals surface area contributed by atoms with Crippen molar-refractivity contribution in [2.24, 2.45) is 0 Å². The molecule has 6 rings (SSSR count). The van der Waals surface area contributed by atoms with Gasteiger partial charge in [-0.05, 0) is 53.1 Å². The van der Waals surface area contributed by atoms with Gasteiger partial charge in [0.1, 0.15) is 0 Å². The maximum absolute atomic E-state index is 2.61. The molecule has 0 spiro atoms. The topological polar surface area (TPSA) is 11.4 Å². The Kier molecular flexibility index (Phi) is 5.37. The van der Waals surface area contributed by atoms with E-state index in [0.29, 0.717) is 0 Å². The van der Waals surface area contributed by atoms with E-state index in [9.17, 15) is 0 Å². The van der Waals surface area contributed by atoms with E-state index in [-0.39, 0.29) is 0 Å². The molecule has 0 N–H and O–H groups in total. The summed E-state index contributed by atoms with van der Waals surface area (Å²) in [5, 5.41) is 5.43. The van der Waals surface area contributed by atoms with Crippen molar-refractivity contribution >= 4 is 32.6 Å². The molecule has 1 fully saturated rings. The Morgan fingerprint density at radius 1 is 0.576 bits per heavy atom. The number of piperazine rings is 1. The smallest absolute Gasteiger partial charge is 0.0491 e. The van der Waals surface area contributed by atoms with Crippen molar-refractivity contribution in [2.45, 2.75) is 26.6 Å². The first-order valence-electron chi connectivity index (χ1n) is 12.2. The monoisotopic (exact) mass is 433 g/mol. The van der Waals surface area contributed by atoms with E-state index >= 15 is 0 Å². The molecule has 1 saturated heterocycles. The molecule has 0 atom stereocenters. The molecule has 4 aromatic carbocycles. The van der Waals surface area contributed by atoms with Gasteiger partial charge in [0, 0.05) is 67.6 Å². The predicted molar refractivity (Wildman–Crippen MR) is 140 cm³/mol. The summed E-state index contributed by atoms with van der Waals surface area (Å²) in [6.45, 7) is 9.82. The molecule has 1 aliphatic rings. The fraction of sp³-hybridized carbons (Fsp3) is 0.267. The number of aryl methyl sites for hydroxylation is 1. The molecule has 3 heteroatoms. The third-order valence-corrected chi connectivity index (χ3v) is 7.24. The molecule has 1 aliphatic heterocycles. The van der Waals surface area contributed by atoms with Crippen LogP contribution in [0.4, 0.5) is 0 Å². The molecule has 0 saturated carbocycles. The zero-order chi connectivity index (χ0) is 22.2. The van der Waals surface area contributed by atoms with Crippen LogP contribution in [0, 0.1) is 0 Å². The van der Waals surface area contributed by atoms with Gasteiger partial charge in [0.05, 0.1) is 0 Å². The normalized spacial score (nSPS) is 15.7. The van der Waals surface area contributed by atoms with Crippen LogP contribution >= 0.6 is 0 Å². The Morgan fingerprint density at radius 3 is 1.94 bits per heavy atom. The predicted octanol–water partition coefficient (Wildman–Crippen LogP) is 6.29. The number of para-hydroxylation sites is 1. The average Bonchev–Trinajstić information content (AvgIpc) is 3.18. The minimum Gasteiger partial charge on any atom is -0.341 e. The van der Waals surface area contributed by atoms with Crippen molar-refractivity contribution in [1.82, 2.24) is 14.4 Å². The number of rotatable bonds is 5. The molecule has 0 radical (unpaired) electrons. The Bertz CT molecular complexity index is 1420. The zero-order valence-corrected chi connectivity index (χ0v) is 19.4. The fourth-order valence-corrected chi connectivity index (χ4v) is 5.50. The average molecular weight is 434 g/mol. The minimum absolute atomic E-state index is 1.00. The fourth-order valence-electron chi connectivity index (χ4n) is 5.50. The van der Waals surface area contributed by atoms with Gasteiger partial charge in [-0.1, -0.05) is 60.7 Å². The van der Waals surface area contributed by atoms with E-state index in [4.69, 9.17) is 0 Å². The lowest BCUT2D eigenvalue weighted by atomic mass is 10.1. The summed E-state index contributed by atoms with van der Waals surface area (Å²) in [7, 11) is 0. The van der Waals surface area contributed by atoms with Gasteiger partial charge in [-0.3, -0.25) is 9.80 Å². The van der Waals surface area contributed by atoms with Crippen LogP contribution in [0.2, 0.25) is 0 Å². The lowest BCUT2D eigenvalue weighted by Crippen LogP contribution is -2.45. The van der Waals surface area contributed by atoms with Gasteiger partial charge >= 0.3 is 0 Å². The molecule has 0 bridgehead atoms. The molecule has 1 aromatic heterocycles. The van der Waals surface area contributed by atoms with Gasteiger partial charge in [0.15, 0.2) is 0 Å². The molecule has 2 heterocycles. The maximum Gasteiger partial charge on any atom is 0.0491 e. The van der Waals surface area contributed by atoms with Crippen LogP contribution < -0.4 is 0 Å². The quantitative estimate of drug-likeness (QED) is 0.323. The largest absolute Gasteiger partial charge is 0.341 e. The highest BCUT2D eigenvalue weighted by molar-refractivity contribution is 6.08. The Labute approximate surface area is 195 Å². The van der Waals surface area contributed by atoms with Crippen LogP contribution in [0.25, 0.3) is 32.6 Å². The number of aromatic nitrogens is 1. The highest BCUT2D eigenvalue weighted by atomic mass is 15.3. The van der Waals surface area contributed by atoms with Crippen molar-refractivity contribution in [1.29, 1.82) is 0 Å². The summed E-state index contributed by atoms with van der Waals surface area (Å²) in [6, 6.07) is 31.4. The van der Waals surface area contributed by atoms with Crippen molar-refractivity contribution in [3.8, 4) is 0 Å². The lowest BCUT2D eigenvalue weighted by molar-refractivity contribution is 0.122. The van der Waals surface area contributed by atoms with E-state index < -0.39 is 0 Å². The van der Waals surface area contributed by atoms with E-state index in [2.05, 4.69) is 106 Å². The number of hydrogen-bond acceptors (Lipinski definition) is 2. The molecule has 3 nitrogen and oxygen atoms in total. The molecule has 0 amide bonds. The van der Waals surface area contributed by atoms with E-state index in [1.165, 1.54) is 43.7 Å². The highest BCUT2D eigenvalue weighted by Gasteiger charge is 2.18. The summed E-state index contributed by atoms with van der Waals surface area (Å²) in [4.78, 5) is 5.20. The summed E-state index contributed by atoms with van der Waals surface area (Å²) < 4.78 is 2.43. The summed E-state index contributed by atoms with van der Waals surface area (Å²) in [5.74, 6) is 0. The third-order valence-electron chi connectivity index (χ3n) is 7.24. The highest BCUT2D eigenvalue weighted by Crippen LogP contribution is 2.30. The number of benzene rings is 4. The first-order valence-corrected chi connectivity index (χ1v) is 12.2. The molecular formula is C30H31N3. The van der Waals surface area contributed by atoms with Crippen LogP contribution in [0.5, 0.6) is 0 Å². The lowest BCUT2D eigenvalue weighted by Gasteiger charge is -2.34. The summed E-state index contributed by atoms with van der Waals surface area (Å²) in [5.41, 5.74) is 5.53. The third kappa shape index (κ3) is 3.92. The van der Waals surface area contributed by atoms with Crippen LogP contribution in [0.1, 0.15) is 18.1 Å². The zero-order valence-electron chi connectivity index (χ0n) is 19.4. The first-order chi connectivity index (χ1) is 16.3. The van der Waals surface area contributed by atoms with Crippen molar-refractivity contribution in [3.63, 3.8) is 0 Å². The van der Waals surface area contributed by atoms with E-state index in [0.717, 1.165) is 45.8 Å². The van der Waals surface area contributed by atoms with E-state index in [1.54, 1.807) is 0 Å². The first kappa shape index (κ1) is 20.5. The molecular weight excluding hydrogens is 402 g/mol. The van der Waals surface area contributed by atoms with Gasteiger partial charge in [0.25, 0.3) is 0 Å². The number of nitrogens with zero attached hydrogens (tertiary/aromatic N) is 3. The SMILES string of the molecule is CCn1c2ccccc2c2cc(CN3CCN(Cc4ccc5ccccc5c4)CC3)ccc21. The van der Waals surface area contributed by atoms with Gasteiger partial charge in [-0.15, -0.1) is 0 Å². The second-order valence-corrected chi connectivity index (χ2v) is 9.35. The van der Waals surface area contributed by atoms with Crippen LogP contribution in [0.15, 0.2) is 84.9 Å². The standard InChI is InChI=1S/C30H31N3/c1-2-33-29-10-6-5-9-27(29)28-20-24(12-14-30(28)33)22-32-17-15-31(16-18-32)21-23-11-13-25-7-3-4-8-26(25)19-23/h3-14,19-20H,2,15-18,21-22H2,1H3. The van der Waals surface area contributed by atoms with Crippen molar-refractivity contribution < 1.29 is 0 Å². The Balaban J connectivity index is 1.13. The number of hydrogen-bond donors (Lipinski definition) is 0. The van der Waals surface area contributed by atoms with Crippen LogP contribution in [-0.2, 0) is 19.6 Å². The second-order valence-electron chi connectivity index (χ2n) is 9.35. The van der Waals surface area contributed by atoms with E-state index in [1.807, 2.05) is 0 Å². The Morgan fingerprint density at radius 2 is 1.18 bits per heavy atom. The van der Waals surface area contributed by atoms with Crippen molar-refractivity contribution in [3.05, 3.63) is 96.1 Å². The van der Waals surface area contributed by atoms with Crippen LogP contribution in [0.3, 0.4) is 0 Å². The number of fused-ring (bicyclic) bond motifs is 4. The van der Waals surface area contributed by atoms with Crippen molar-refractivity contribution in [2.75, 3.05) is 26.2 Å². The minimum atomic E-state index is 1.00. The molecule has 0 unspecified atom stereocenters.